The Morgan fingerprint density at radius 2 is 1.84 bits per heavy atom. The van der Waals surface area contributed by atoms with E-state index in [9.17, 15) is 4.79 Å². The summed E-state index contributed by atoms with van der Waals surface area (Å²) in [6.07, 6.45) is 2.03. The lowest BCUT2D eigenvalue weighted by Gasteiger charge is -2.03. The highest BCUT2D eigenvalue weighted by Crippen LogP contribution is 2.23. The number of carbonyl (C=O) groups is 1. The standard InChI is InChI=1S/C15H13BrOS2/c1-18-13-7-5-11(6-8-13)15(17)10-19-14-4-2-3-12(16)9-14/h2-9H,10H2,1H3. The number of ketones is 1. The van der Waals surface area contributed by atoms with Crippen molar-refractivity contribution < 1.29 is 4.79 Å². The molecule has 1 nitrogen and oxygen atoms in total. The molecule has 0 unspecified atom stereocenters. The summed E-state index contributed by atoms with van der Waals surface area (Å²) in [5.74, 6) is 0.632. The third-order valence-electron chi connectivity index (χ3n) is 2.58. The molecule has 0 aliphatic carbocycles. The first-order valence-electron chi connectivity index (χ1n) is 5.74. The van der Waals surface area contributed by atoms with Gasteiger partial charge in [-0.05, 0) is 36.6 Å². The van der Waals surface area contributed by atoms with Crippen molar-refractivity contribution in [3.63, 3.8) is 0 Å². The Labute approximate surface area is 130 Å². The van der Waals surface area contributed by atoms with Crippen LogP contribution in [0, 0.1) is 0 Å². The molecule has 0 aliphatic heterocycles. The molecule has 0 N–H and O–H groups in total. The summed E-state index contributed by atoms with van der Waals surface area (Å²) in [5, 5.41) is 0. The van der Waals surface area contributed by atoms with Gasteiger partial charge in [0.25, 0.3) is 0 Å². The van der Waals surface area contributed by atoms with Crippen LogP contribution in [0.15, 0.2) is 62.8 Å². The summed E-state index contributed by atoms with van der Waals surface area (Å²) >= 11 is 6.67. The largest absolute Gasteiger partial charge is 0.293 e. The summed E-state index contributed by atoms with van der Waals surface area (Å²) in [4.78, 5) is 14.3. The van der Waals surface area contributed by atoms with E-state index in [-0.39, 0.29) is 5.78 Å². The highest BCUT2D eigenvalue weighted by atomic mass is 79.9. The zero-order valence-corrected chi connectivity index (χ0v) is 13.6. The first-order valence-corrected chi connectivity index (χ1v) is 8.75. The van der Waals surface area contributed by atoms with E-state index >= 15 is 0 Å². The summed E-state index contributed by atoms with van der Waals surface area (Å²) in [6, 6.07) is 15.8. The zero-order chi connectivity index (χ0) is 13.7. The van der Waals surface area contributed by atoms with Crippen LogP contribution in [-0.4, -0.2) is 17.8 Å². The van der Waals surface area contributed by atoms with Crippen molar-refractivity contribution in [3.05, 3.63) is 58.6 Å². The smallest absolute Gasteiger partial charge is 0.173 e. The summed E-state index contributed by atoms with van der Waals surface area (Å²) in [6.45, 7) is 0. The molecule has 0 aromatic heterocycles. The minimum Gasteiger partial charge on any atom is -0.293 e. The van der Waals surface area contributed by atoms with Gasteiger partial charge >= 0.3 is 0 Å². The maximum atomic E-state index is 12.1. The van der Waals surface area contributed by atoms with E-state index in [1.807, 2.05) is 54.8 Å². The second-order valence-electron chi connectivity index (χ2n) is 3.90. The molecule has 98 valence electrons. The van der Waals surface area contributed by atoms with Gasteiger partial charge in [0.15, 0.2) is 5.78 Å². The van der Waals surface area contributed by atoms with Crippen molar-refractivity contribution >= 4 is 45.2 Å². The van der Waals surface area contributed by atoms with E-state index in [4.69, 9.17) is 0 Å². The van der Waals surface area contributed by atoms with E-state index in [2.05, 4.69) is 15.9 Å². The Kier molecular flexibility index (Phi) is 5.55. The fraction of sp³-hybridized carbons (Fsp3) is 0.133. The Hall–Kier alpha value is -0.710. The predicted octanol–water partition coefficient (Wildman–Crippen LogP) is 5.15. The van der Waals surface area contributed by atoms with Gasteiger partial charge in [0, 0.05) is 19.8 Å². The molecule has 0 spiro atoms. The number of benzene rings is 2. The molecule has 0 saturated carbocycles. The maximum absolute atomic E-state index is 12.1. The lowest BCUT2D eigenvalue weighted by molar-refractivity contribution is 0.102. The second-order valence-corrected chi connectivity index (χ2v) is 6.74. The van der Waals surface area contributed by atoms with Gasteiger partial charge in [0.05, 0.1) is 5.75 Å². The molecular weight excluding hydrogens is 340 g/mol. The van der Waals surface area contributed by atoms with Gasteiger partial charge in [-0.1, -0.05) is 34.1 Å². The number of rotatable bonds is 5. The lowest BCUT2D eigenvalue weighted by atomic mass is 10.1. The van der Waals surface area contributed by atoms with Gasteiger partial charge in [-0.3, -0.25) is 4.79 Å². The Morgan fingerprint density at radius 1 is 1.11 bits per heavy atom. The van der Waals surface area contributed by atoms with Crippen LogP contribution in [0.4, 0.5) is 0 Å². The second kappa shape index (κ2) is 7.17. The number of halogens is 1. The van der Waals surface area contributed by atoms with Gasteiger partial charge in [-0.25, -0.2) is 0 Å². The number of hydrogen-bond acceptors (Lipinski definition) is 3. The molecule has 0 fully saturated rings. The van der Waals surface area contributed by atoms with Crippen LogP contribution in [0.1, 0.15) is 10.4 Å². The van der Waals surface area contributed by atoms with E-state index < -0.39 is 0 Å². The molecule has 2 aromatic rings. The average molecular weight is 353 g/mol. The molecule has 2 aromatic carbocycles. The molecule has 0 radical (unpaired) electrons. The van der Waals surface area contributed by atoms with Crippen LogP contribution in [0.3, 0.4) is 0 Å². The maximum Gasteiger partial charge on any atom is 0.173 e. The quantitative estimate of drug-likeness (QED) is 0.547. The number of Topliss-reactive ketones (excluding diaryl/α,β-unsaturated/α-hetero) is 1. The number of hydrogen-bond donors (Lipinski definition) is 0. The van der Waals surface area contributed by atoms with Crippen LogP contribution in [0.25, 0.3) is 0 Å². The molecule has 0 aliphatic rings. The van der Waals surface area contributed by atoms with E-state index in [1.54, 1.807) is 23.5 Å². The minimum absolute atomic E-state index is 0.164. The van der Waals surface area contributed by atoms with E-state index in [0.29, 0.717) is 5.75 Å². The third-order valence-corrected chi connectivity index (χ3v) is 4.81. The van der Waals surface area contributed by atoms with Gasteiger partial charge < -0.3 is 0 Å². The van der Waals surface area contributed by atoms with Crippen LogP contribution in [0.5, 0.6) is 0 Å². The van der Waals surface area contributed by atoms with E-state index in [0.717, 1.165) is 14.9 Å². The Bertz CT molecular complexity index is 567. The van der Waals surface area contributed by atoms with Gasteiger partial charge in [0.2, 0.25) is 0 Å². The summed E-state index contributed by atoms with van der Waals surface area (Å²) in [5.41, 5.74) is 0.778. The van der Waals surface area contributed by atoms with Crippen molar-refractivity contribution in [1.82, 2.24) is 0 Å². The Morgan fingerprint density at radius 3 is 2.47 bits per heavy atom. The molecule has 0 amide bonds. The van der Waals surface area contributed by atoms with Crippen LogP contribution in [-0.2, 0) is 0 Å². The van der Waals surface area contributed by atoms with E-state index in [1.165, 1.54) is 4.90 Å². The fourth-order valence-corrected chi connectivity index (χ4v) is 3.37. The van der Waals surface area contributed by atoms with Crippen molar-refractivity contribution in [2.24, 2.45) is 0 Å². The van der Waals surface area contributed by atoms with Crippen molar-refractivity contribution in [2.45, 2.75) is 9.79 Å². The van der Waals surface area contributed by atoms with Gasteiger partial charge in [0.1, 0.15) is 0 Å². The lowest BCUT2D eigenvalue weighted by Crippen LogP contribution is -2.01. The number of carbonyl (C=O) groups excluding carboxylic acids is 1. The van der Waals surface area contributed by atoms with Crippen LogP contribution in [0.2, 0.25) is 0 Å². The topological polar surface area (TPSA) is 17.1 Å². The minimum atomic E-state index is 0.164. The highest BCUT2D eigenvalue weighted by molar-refractivity contribution is 9.10. The fourth-order valence-electron chi connectivity index (χ4n) is 1.57. The first kappa shape index (κ1) is 14.7. The number of thioether (sulfide) groups is 2. The molecular formula is C15H13BrOS2. The van der Waals surface area contributed by atoms with Crippen molar-refractivity contribution in [2.75, 3.05) is 12.0 Å². The van der Waals surface area contributed by atoms with Crippen LogP contribution < -0.4 is 0 Å². The van der Waals surface area contributed by atoms with Gasteiger partial charge in [-0.15, -0.1) is 23.5 Å². The van der Waals surface area contributed by atoms with Gasteiger partial charge in [-0.2, -0.15) is 0 Å². The molecule has 0 heterocycles. The summed E-state index contributed by atoms with van der Waals surface area (Å²) in [7, 11) is 0. The normalized spacial score (nSPS) is 10.4. The Balaban J connectivity index is 1.97. The molecule has 19 heavy (non-hydrogen) atoms. The first-order chi connectivity index (χ1) is 9.19. The third kappa shape index (κ3) is 4.41. The molecule has 0 bridgehead atoms. The van der Waals surface area contributed by atoms with Crippen LogP contribution >= 0.6 is 39.5 Å². The molecule has 4 heteroatoms. The molecule has 0 atom stereocenters. The highest BCUT2D eigenvalue weighted by Gasteiger charge is 2.06. The average Bonchev–Trinajstić information content (AvgIpc) is 2.45. The van der Waals surface area contributed by atoms with Crippen molar-refractivity contribution in [3.8, 4) is 0 Å². The predicted molar refractivity (Wildman–Crippen MR) is 87.4 cm³/mol. The summed E-state index contributed by atoms with van der Waals surface area (Å²) < 4.78 is 1.04. The zero-order valence-electron chi connectivity index (χ0n) is 10.4. The molecule has 0 saturated heterocycles. The van der Waals surface area contributed by atoms with Crippen molar-refractivity contribution in [1.29, 1.82) is 0 Å². The molecule has 2 rings (SSSR count). The monoisotopic (exact) mass is 352 g/mol. The SMILES string of the molecule is CSc1ccc(C(=O)CSc2cccc(Br)c2)cc1.